The van der Waals surface area contributed by atoms with Crippen LogP contribution in [0.1, 0.15) is 15.9 Å². The van der Waals surface area contributed by atoms with E-state index in [4.69, 9.17) is 0 Å². The average molecular weight is 393 g/mol. The predicted molar refractivity (Wildman–Crippen MR) is 88.7 cm³/mol. The number of nitrogens with one attached hydrogen (secondary N) is 1. The molecular formula is C16H12INO3. The number of hydrogen-bond acceptors (Lipinski definition) is 2. The number of halogens is 1. The van der Waals surface area contributed by atoms with Gasteiger partial charge in [-0.05, 0) is 58.5 Å². The first-order valence-corrected chi connectivity index (χ1v) is 7.21. The lowest BCUT2D eigenvalue weighted by atomic mass is 10.1. The monoisotopic (exact) mass is 393 g/mol. The Balaban J connectivity index is 2.22. The van der Waals surface area contributed by atoms with Gasteiger partial charge in [-0.1, -0.05) is 30.3 Å². The largest absolute Gasteiger partial charge is 0.477 e. The van der Waals surface area contributed by atoms with Crippen molar-refractivity contribution < 1.29 is 14.7 Å². The van der Waals surface area contributed by atoms with Gasteiger partial charge >= 0.3 is 5.97 Å². The van der Waals surface area contributed by atoms with E-state index in [1.165, 1.54) is 6.08 Å². The number of carboxylic acids is 1. The fourth-order valence-corrected chi connectivity index (χ4v) is 2.02. The molecule has 0 aliphatic carbocycles. The number of amides is 1. The molecule has 0 atom stereocenters. The molecule has 0 saturated carbocycles. The summed E-state index contributed by atoms with van der Waals surface area (Å²) < 4.78 is 1.05. The Labute approximate surface area is 135 Å². The SMILES string of the molecule is O=C(O)C(=Cc1ccc(I)cc1)NC(=O)c1ccccc1. The van der Waals surface area contributed by atoms with Gasteiger partial charge in [-0.3, -0.25) is 4.79 Å². The van der Waals surface area contributed by atoms with Gasteiger partial charge in [0.1, 0.15) is 5.70 Å². The number of carbonyl (C=O) groups excluding carboxylic acids is 1. The van der Waals surface area contributed by atoms with Crippen molar-refractivity contribution in [2.75, 3.05) is 0 Å². The third kappa shape index (κ3) is 4.42. The molecule has 1 amide bonds. The maximum absolute atomic E-state index is 12.0. The zero-order valence-corrected chi connectivity index (χ0v) is 13.1. The first-order valence-electron chi connectivity index (χ1n) is 6.13. The molecule has 2 aromatic carbocycles. The maximum Gasteiger partial charge on any atom is 0.352 e. The Hall–Kier alpha value is -2.15. The van der Waals surface area contributed by atoms with Crippen LogP contribution in [-0.2, 0) is 4.79 Å². The van der Waals surface area contributed by atoms with Gasteiger partial charge in [-0.15, -0.1) is 0 Å². The van der Waals surface area contributed by atoms with E-state index in [0.717, 1.165) is 3.57 Å². The highest BCUT2D eigenvalue weighted by atomic mass is 127. The Morgan fingerprint density at radius 3 is 2.19 bits per heavy atom. The Bertz CT molecular complexity index is 678. The molecule has 2 rings (SSSR count). The van der Waals surface area contributed by atoms with Gasteiger partial charge in [0.2, 0.25) is 0 Å². The van der Waals surface area contributed by atoms with Gasteiger partial charge in [0.25, 0.3) is 5.91 Å². The second-order valence-electron chi connectivity index (χ2n) is 4.23. The zero-order valence-electron chi connectivity index (χ0n) is 10.9. The summed E-state index contributed by atoms with van der Waals surface area (Å²) in [5, 5.41) is 11.6. The van der Waals surface area contributed by atoms with Crippen molar-refractivity contribution in [3.05, 3.63) is 75.0 Å². The summed E-state index contributed by atoms with van der Waals surface area (Å²) in [6.07, 6.45) is 1.43. The number of rotatable bonds is 4. The molecular weight excluding hydrogens is 381 g/mol. The van der Waals surface area contributed by atoms with Crippen LogP contribution in [0.4, 0.5) is 0 Å². The molecule has 0 fully saturated rings. The molecule has 0 aromatic heterocycles. The van der Waals surface area contributed by atoms with E-state index >= 15 is 0 Å². The Morgan fingerprint density at radius 1 is 1.00 bits per heavy atom. The molecule has 0 bridgehead atoms. The van der Waals surface area contributed by atoms with Gasteiger partial charge in [0.15, 0.2) is 0 Å². The number of carboxylic acid groups (broad SMARTS) is 1. The quantitative estimate of drug-likeness (QED) is 0.620. The van der Waals surface area contributed by atoms with Gasteiger partial charge < -0.3 is 10.4 Å². The number of aliphatic carboxylic acids is 1. The molecule has 0 heterocycles. The van der Waals surface area contributed by atoms with Crippen LogP contribution in [0.5, 0.6) is 0 Å². The Morgan fingerprint density at radius 2 is 1.62 bits per heavy atom. The van der Waals surface area contributed by atoms with Crippen molar-refractivity contribution in [3.8, 4) is 0 Å². The van der Waals surface area contributed by atoms with Crippen molar-refractivity contribution in [3.63, 3.8) is 0 Å². The predicted octanol–water partition coefficient (Wildman–Crippen LogP) is 3.15. The van der Waals surface area contributed by atoms with Crippen LogP contribution in [-0.4, -0.2) is 17.0 Å². The lowest BCUT2D eigenvalue weighted by Crippen LogP contribution is -2.27. The maximum atomic E-state index is 12.0. The molecule has 0 aliphatic heterocycles. The molecule has 106 valence electrons. The summed E-state index contributed by atoms with van der Waals surface area (Å²) in [5.41, 5.74) is 0.957. The molecule has 2 N–H and O–H groups in total. The topological polar surface area (TPSA) is 66.4 Å². The highest BCUT2D eigenvalue weighted by Gasteiger charge is 2.12. The second-order valence-corrected chi connectivity index (χ2v) is 5.48. The minimum absolute atomic E-state index is 0.162. The van der Waals surface area contributed by atoms with Crippen LogP contribution in [0.3, 0.4) is 0 Å². The summed E-state index contributed by atoms with van der Waals surface area (Å²) in [6, 6.07) is 15.8. The second kappa shape index (κ2) is 7.03. The van der Waals surface area contributed by atoms with Crippen LogP contribution in [0.2, 0.25) is 0 Å². The highest BCUT2D eigenvalue weighted by molar-refractivity contribution is 14.1. The summed E-state index contributed by atoms with van der Waals surface area (Å²) >= 11 is 2.16. The lowest BCUT2D eigenvalue weighted by Gasteiger charge is -2.06. The molecule has 0 saturated heterocycles. The van der Waals surface area contributed by atoms with Crippen LogP contribution >= 0.6 is 22.6 Å². The lowest BCUT2D eigenvalue weighted by molar-refractivity contribution is -0.132. The molecule has 0 aliphatic rings. The zero-order chi connectivity index (χ0) is 15.2. The molecule has 0 spiro atoms. The minimum atomic E-state index is -1.18. The van der Waals surface area contributed by atoms with Crippen LogP contribution in [0.15, 0.2) is 60.3 Å². The number of benzene rings is 2. The highest BCUT2D eigenvalue weighted by Crippen LogP contribution is 2.10. The van der Waals surface area contributed by atoms with Crippen molar-refractivity contribution >= 4 is 40.5 Å². The molecule has 5 heteroatoms. The van der Waals surface area contributed by atoms with Gasteiger partial charge in [-0.2, -0.15) is 0 Å². The molecule has 0 unspecified atom stereocenters. The van der Waals surface area contributed by atoms with Crippen molar-refractivity contribution in [2.45, 2.75) is 0 Å². The summed E-state index contributed by atoms with van der Waals surface area (Å²) in [4.78, 5) is 23.2. The fraction of sp³-hybridized carbons (Fsp3) is 0. The average Bonchev–Trinajstić information content (AvgIpc) is 2.49. The van der Waals surface area contributed by atoms with E-state index in [1.54, 1.807) is 42.5 Å². The molecule has 4 nitrogen and oxygen atoms in total. The van der Waals surface area contributed by atoms with Gasteiger partial charge in [0, 0.05) is 9.13 Å². The number of carbonyl (C=O) groups is 2. The Kier molecular flexibility index (Phi) is 5.10. The van der Waals surface area contributed by atoms with E-state index in [1.807, 2.05) is 12.1 Å². The molecule has 2 aromatic rings. The third-order valence-electron chi connectivity index (χ3n) is 2.70. The molecule has 21 heavy (non-hydrogen) atoms. The smallest absolute Gasteiger partial charge is 0.352 e. The van der Waals surface area contributed by atoms with E-state index < -0.39 is 11.9 Å². The minimum Gasteiger partial charge on any atom is -0.477 e. The van der Waals surface area contributed by atoms with Crippen molar-refractivity contribution in [2.24, 2.45) is 0 Å². The third-order valence-corrected chi connectivity index (χ3v) is 3.41. The summed E-state index contributed by atoms with van der Waals surface area (Å²) in [6.45, 7) is 0. The standard InChI is InChI=1S/C16H12INO3/c17-13-8-6-11(7-9-13)10-14(16(20)21)18-15(19)12-4-2-1-3-5-12/h1-10H,(H,18,19)(H,20,21). The van der Waals surface area contributed by atoms with E-state index in [0.29, 0.717) is 11.1 Å². The van der Waals surface area contributed by atoms with Gasteiger partial charge in [0.05, 0.1) is 0 Å². The van der Waals surface area contributed by atoms with E-state index in [2.05, 4.69) is 27.9 Å². The van der Waals surface area contributed by atoms with Crippen LogP contribution in [0, 0.1) is 3.57 Å². The first-order chi connectivity index (χ1) is 10.1. The van der Waals surface area contributed by atoms with Crippen molar-refractivity contribution in [1.82, 2.24) is 5.32 Å². The number of hydrogen-bond donors (Lipinski definition) is 2. The first kappa shape index (κ1) is 15.2. The summed E-state index contributed by atoms with van der Waals surface area (Å²) in [5.74, 6) is -1.63. The normalized spacial score (nSPS) is 11.0. The van der Waals surface area contributed by atoms with Crippen LogP contribution < -0.4 is 5.32 Å². The van der Waals surface area contributed by atoms with E-state index in [9.17, 15) is 14.7 Å². The fourth-order valence-electron chi connectivity index (χ4n) is 1.66. The molecule has 0 radical (unpaired) electrons. The van der Waals surface area contributed by atoms with Crippen molar-refractivity contribution in [1.29, 1.82) is 0 Å². The van der Waals surface area contributed by atoms with Crippen LogP contribution in [0.25, 0.3) is 6.08 Å². The van der Waals surface area contributed by atoms with Gasteiger partial charge in [-0.25, -0.2) is 4.79 Å². The summed E-state index contributed by atoms with van der Waals surface area (Å²) in [7, 11) is 0. The van der Waals surface area contributed by atoms with E-state index in [-0.39, 0.29) is 5.70 Å².